The van der Waals surface area contributed by atoms with Crippen molar-refractivity contribution in [3.05, 3.63) is 134 Å². The van der Waals surface area contributed by atoms with Gasteiger partial charge in [-0.2, -0.15) is 0 Å². The van der Waals surface area contributed by atoms with Crippen LogP contribution in [0.5, 0.6) is 0 Å². The molecular weight excluding hydrogens is 805 g/mol. The Morgan fingerprint density at radius 3 is 1.02 bits per heavy atom. The summed E-state index contributed by atoms with van der Waals surface area (Å²) < 4.78 is 16.7. The molecule has 0 aromatic rings. The maximum atomic E-state index is 12.7. The van der Waals surface area contributed by atoms with Crippen LogP contribution in [-0.4, -0.2) is 37.2 Å². The van der Waals surface area contributed by atoms with Gasteiger partial charge in [-0.25, -0.2) is 0 Å². The van der Waals surface area contributed by atoms with Gasteiger partial charge >= 0.3 is 17.9 Å². The van der Waals surface area contributed by atoms with Crippen molar-refractivity contribution < 1.29 is 28.6 Å². The molecule has 0 rings (SSSR count). The van der Waals surface area contributed by atoms with Crippen molar-refractivity contribution in [1.29, 1.82) is 0 Å². The van der Waals surface area contributed by atoms with Crippen molar-refractivity contribution in [3.63, 3.8) is 0 Å². The van der Waals surface area contributed by atoms with E-state index < -0.39 is 12.1 Å². The zero-order valence-electron chi connectivity index (χ0n) is 41.4. The minimum atomic E-state index is -0.834. The summed E-state index contributed by atoms with van der Waals surface area (Å²) in [4.78, 5) is 37.9. The number of rotatable bonds is 44. The van der Waals surface area contributed by atoms with E-state index in [1.165, 1.54) is 25.7 Å². The number of carbonyl (C=O) groups excluding carboxylic acids is 3. The lowest BCUT2D eigenvalue weighted by Crippen LogP contribution is -2.30. The van der Waals surface area contributed by atoms with Gasteiger partial charge < -0.3 is 14.2 Å². The first-order valence-corrected chi connectivity index (χ1v) is 25.7. The van der Waals surface area contributed by atoms with Crippen LogP contribution in [0, 0.1) is 0 Å². The molecule has 0 heterocycles. The van der Waals surface area contributed by atoms with Crippen LogP contribution in [0.25, 0.3) is 0 Å². The van der Waals surface area contributed by atoms with Gasteiger partial charge in [0, 0.05) is 19.3 Å². The summed E-state index contributed by atoms with van der Waals surface area (Å²) in [5.74, 6) is -1.05. The second-order valence-corrected chi connectivity index (χ2v) is 16.3. The molecular formula is C59H92O6. The van der Waals surface area contributed by atoms with Crippen molar-refractivity contribution in [3.8, 4) is 0 Å². The van der Waals surface area contributed by atoms with E-state index in [2.05, 4.69) is 142 Å². The average Bonchev–Trinajstić information content (AvgIpc) is 3.30. The first-order valence-electron chi connectivity index (χ1n) is 25.7. The Bertz CT molecular complexity index is 1450. The van der Waals surface area contributed by atoms with Crippen molar-refractivity contribution in [1.82, 2.24) is 0 Å². The molecule has 0 fully saturated rings. The van der Waals surface area contributed by atoms with Crippen molar-refractivity contribution >= 4 is 17.9 Å². The molecule has 0 spiro atoms. The minimum Gasteiger partial charge on any atom is -0.462 e. The third-order valence-corrected chi connectivity index (χ3v) is 10.1. The van der Waals surface area contributed by atoms with Crippen LogP contribution in [0.15, 0.2) is 134 Å². The van der Waals surface area contributed by atoms with Gasteiger partial charge in [0.2, 0.25) is 0 Å². The Kier molecular flexibility index (Phi) is 48.6. The van der Waals surface area contributed by atoms with Gasteiger partial charge in [0.05, 0.1) is 0 Å². The fraction of sp³-hybridized carbons (Fsp3) is 0.576. The number of carbonyl (C=O) groups is 3. The molecule has 0 saturated heterocycles. The van der Waals surface area contributed by atoms with Crippen molar-refractivity contribution in [2.24, 2.45) is 0 Å². The van der Waals surface area contributed by atoms with E-state index >= 15 is 0 Å². The van der Waals surface area contributed by atoms with Crippen LogP contribution in [0.3, 0.4) is 0 Å². The fourth-order valence-corrected chi connectivity index (χ4v) is 6.32. The van der Waals surface area contributed by atoms with E-state index in [4.69, 9.17) is 14.2 Å². The number of hydrogen-bond acceptors (Lipinski definition) is 6. The van der Waals surface area contributed by atoms with Crippen LogP contribution in [0.4, 0.5) is 0 Å². The van der Waals surface area contributed by atoms with Gasteiger partial charge in [-0.15, -0.1) is 0 Å². The standard InChI is InChI=1S/C59H92O6/c1-4-7-10-13-16-19-22-24-25-26-27-28-29-30-31-32-33-35-37-40-43-46-49-52-58(61)64-55-56(54-63-57(60)51-48-45-42-39-36-21-18-15-12-9-6-3)65-59(62)53-50-47-44-41-38-34-23-20-17-14-11-8-5-2/h7-8,10-11,15-20,24-25,27-28,30-31,33-35,38,44,47,56H,4-6,9,12-14,21-23,26,29,32,36-37,39-43,45-46,48-55H2,1-3H3/b10-7-,11-8-,18-15-,19-16-,20-17-,25-24-,28-27-,31-30-,35-33-,38-34-,47-44-. The lowest BCUT2D eigenvalue weighted by atomic mass is 10.1. The largest absolute Gasteiger partial charge is 0.462 e. The van der Waals surface area contributed by atoms with E-state index in [9.17, 15) is 14.4 Å². The molecule has 6 nitrogen and oxygen atoms in total. The molecule has 1 unspecified atom stereocenters. The lowest BCUT2D eigenvalue weighted by molar-refractivity contribution is -0.166. The van der Waals surface area contributed by atoms with E-state index in [0.29, 0.717) is 19.3 Å². The monoisotopic (exact) mass is 897 g/mol. The molecule has 1 atom stereocenters. The van der Waals surface area contributed by atoms with Crippen LogP contribution >= 0.6 is 0 Å². The smallest absolute Gasteiger partial charge is 0.306 e. The van der Waals surface area contributed by atoms with Gasteiger partial charge in [-0.3, -0.25) is 14.4 Å². The van der Waals surface area contributed by atoms with Crippen LogP contribution in [0.2, 0.25) is 0 Å². The van der Waals surface area contributed by atoms with E-state index in [0.717, 1.165) is 128 Å². The quantitative estimate of drug-likeness (QED) is 0.0262. The van der Waals surface area contributed by atoms with Gasteiger partial charge in [0.1, 0.15) is 13.2 Å². The predicted octanol–water partition coefficient (Wildman–Crippen LogP) is 17.1. The molecule has 65 heavy (non-hydrogen) atoms. The summed E-state index contributed by atoms with van der Waals surface area (Å²) >= 11 is 0. The molecule has 0 N–H and O–H groups in total. The van der Waals surface area contributed by atoms with Gasteiger partial charge in [0.25, 0.3) is 0 Å². The molecule has 6 heteroatoms. The molecule has 0 bridgehead atoms. The van der Waals surface area contributed by atoms with Crippen LogP contribution < -0.4 is 0 Å². The summed E-state index contributed by atoms with van der Waals surface area (Å²) in [5, 5.41) is 0. The van der Waals surface area contributed by atoms with Gasteiger partial charge in [-0.1, -0.05) is 199 Å². The second kappa shape index (κ2) is 52.2. The Morgan fingerprint density at radius 2 is 0.631 bits per heavy atom. The SMILES string of the molecule is CC/C=C\C/C=C\C/C=C\C/C=C\C/C=C\C/C=C\CCCCCCC(=O)OCC(COC(=O)CCCCCCC/C=C\CCCC)OC(=O)CC/C=C\C/C=C\C/C=C\C/C=C\CC. The maximum absolute atomic E-state index is 12.7. The highest BCUT2D eigenvalue weighted by Crippen LogP contribution is 2.11. The molecule has 0 aromatic heterocycles. The predicted molar refractivity (Wildman–Crippen MR) is 279 cm³/mol. The molecule has 0 aliphatic heterocycles. The average molecular weight is 897 g/mol. The fourth-order valence-electron chi connectivity index (χ4n) is 6.32. The normalized spacial score (nSPS) is 13.2. The molecule has 0 radical (unpaired) electrons. The summed E-state index contributed by atoms with van der Waals surface area (Å²) in [6, 6.07) is 0. The van der Waals surface area contributed by atoms with E-state index in [1.807, 2.05) is 12.2 Å². The Balaban J connectivity index is 4.48. The Labute approximate surface area is 398 Å². The number of ether oxygens (including phenoxy) is 3. The van der Waals surface area contributed by atoms with E-state index in [-0.39, 0.29) is 31.6 Å². The first-order chi connectivity index (χ1) is 32.0. The summed E-state index contributed by atoms with van der Waals surface area (Å²) in [6.45, 7) is 6.25. The topological polar surface area (TPSA) is 78.9 Å². The first kappa shape index (κ1) is 60.5. The highest BCUT2D eigenvalue weighted by Gasteiger charge is 2.19. The molecule has 0 aromatic carbocycles. The number of hydrogen-bond donors (Lipinski definition) is 0. The third kappa shape index (κ3) is 50.4. The molecule has 0 aliphatic carbocycles. The molecule has 0 amide bonds. The zero-order valence-corrected chi connectivity index (χ0v) is 41.4. The second-order valence-electron chi connectivity index (χ2n) is 16.3. The molecule has 364 valence electrons. The van der Waals surface area contributed by atoms with E-state index in [1.54, 1.807) is 0 Å². The van der Waals surface area contributed by atoms with Crippen molar-refractivity contribution in [2.75, 3.05) is 13.2 Å². The van der Waals surface area contributed by atoms with Gasteiger partial charge in [0.15, 0.2) is 6.10 Å². The van der Waals surface area contributed by atoms with Crippen LogP contribution in [0.1, 0.15) is 201 Å². The minimum absolute atomic E-state index is 0.124. The number of unbranched alkanes of at least 4 members (excludes halogenated alkanes) is 11. The highest BCUT2D eigenvalue weighted by atomic mass is 16.6. The maximum Gasteiger partial charge on any atom is 0.306 e. The third-order valence-electron chi connectivity index (χ3n) is 10.1. The zero-order chi connectivity index (χ0) is 47.2. The van der Waals surface area contributed by atoms with Crippen LogP contribution in [-0.2, 0) is 28.6 Å². The Morgan fingerprint density at radius 1 is 0.323 bits per heavy atom. The summed E-state index contributed by atoms with van der Waals surface area (Å²) in [5.41, 5.74) is 0. The lowest BCUT2D eigenvalue weighted by Gasteiger charge is -2.18. The molecule has 0 saturated carbocycles. The Hall–Kier alpha value is -4.45. The summed E-state index contributed by atoms with van der Waals surface area (Å²) in [7, 11) is 0. The number of esters is 3. The number of allylic oxidation sites excluding steroid dienone is 22. The highest BCUT2D eigenvalue weighted by molar-refractivity contribution is 5.71. The summed E-state index contributed by atoms with van der Waals surface area (Å²) in [6.07, 6.45) is 73.1. The van der Waals surface area contributed by atoms with Gasteiger partial charge in [-0.05, 0) is 116 Å². The molecule has 0 aliphatic rings. The van der Waals surface area contributed by atoms with Crippen molar-refractivity contribution in [2.45, 2.75) is 207 Å².